The molecule has 1 heterocycles. The lowest BCUT2D eigenvalue weighted by atomic mass is 9.58. The number of primary amides is 1. The number of hydrogen-bond acceptors (Lipinski definition) is 11. The molecule has 1 amide bonds. The van der Waals surface area contributed by atoms with E-state index in [1.54, 1.807) is 14.1 Å². The number of nitrogens with two attached hydrogens (primary N) is 1. The third-order valence-corrected chi connectivity index (χ3v) is 10.6. The molecule has 6 N–H and O–H groups in total. The number of aliphatic hydroxyl groups excluding tert-OH is 2. The number of amides is 1. The number of allylic oxidation sites excluding steroid dienone is 1. The molecule has 0 saturated carbocycles. The first-order chi connectivity index (χ1) is 18.6. The monoisotopic (exact) mass is 595 g/mol. The third kappa shape index (κ3) is 4.14. The van der Waals surface area contributed by atoms with Crippen molar-refractivity contribution in [1.29, 1.82) is 0 Å². The number of carbonyl (C=O) groups excluding carboxylic acids is 3. The number of fused-ring (bicyclic) bond motifs is 3. The Balaban J connectivity index is 1.59. The van der Waals surface area contributed by atoms with Crippen LogP contribution < -0.4 is 5.73 Å². The molecule has 1 aromatic rings. The minimum atomic E-state index is -3.10. The van der Waals surface area contributed by atoms with Crippen molar-refractivity contribution >= 4 is 38.9 Å². The Morgan fingerprint density at radius 2 is 1.82 bits per heavy atom. The lowest BCUT2D eigenvalue weighted by Gasteiger charge is -2.50. The van der Waals surface area contributed by atoms with E-state index < -0.39 is 73.6 Å². The number of sulfone groups is 1. The standard InChI is InChI=1S/C26H30ClN3O9S/c1-29(2)20-14-8-11-7-13-17(15(31)9-12(19(13)27)10-30-3-5-40(38,39)6-4-30)21(32)16(11)23(34)26(14,37)24(35)18(22(20)33)25(28)36/h9,11,14,20,31,33-34,37H,3-8,10H2,1-2H3,(H2,28,36)/t11-,14-,20-,26-/m0/s1. The molecule has 0 bridgehead atoms. The van der Waals surface area contributed by atoms with Crippen molar-refractivity contribution in [3.8, 4) is 5.75 Å². The summed E-state index contributed by atoms with van der Waals surface area (Å²) in [6, 6.07) is 0.233. The fourth-order valence-electron chi connectivity index (χ4n) is 6.62. The number of likely N-dealkylation sites (N-methyl/N-ethyl adjacent to an activating group) is 1. The fraction of sp³-hybridized carbons (Fsp3) is 0.500. The van der Waals surface area contributed by atoms with E-state index in [1.165, 1.54) is 11.0 Å². The molecule has 0 spiro atoms. The van der Waals surface area contributed by atoms with Gasteiger partial charge in [-0.3, -0.25) is 24.2 Å². The normalized spacial score (nSPS) is 30.3. The SMILES string of the molecule is CN(C)[C@@H]1C(O)=C(C(N)=O)C(=O)[C@@]2(O)C(O)=C3C(=O)c4c(O)cc(CN5CCS(=O)(=O)CC5)c(Cl)c4C[C@H]3C[C@@H]12. The molecule has 4 aliphatic rings. The van der Waals surface area contributed by atoms with Gasteiger partial charge in [-0.25, -0.2) is 8.42 Å². The van der Waals surface area contributed by atoms with E-state index in [0.29, 0.717) is 24.2 Å². The molecule has 14 heteroatoms. The highest BCUT2D eigenvalue weighted by Gasteiger charge is 2.63. The number of rotatable bonds is 4. The number of carbonyl (C=O) groups is 3. The lowest BCUT2D eigenvalue weighted by molar-refractivity contribution is -0.148. The summed E-state index contributed by atoms with van der Waals surface area (Å²) in [7, 11) is 0.0117. The summed E-state index contributed by atoms with van der Waals surface area (Å²) >= 11 is 6.75. The van der Waals surface area contributed by atoms with Crippen LogP contribution in [0.5, 0.6) is 5.75 Å². The van der Waals surface area contributed by atoms with Gasteiger partial charge in [0.15, 0.2) is 21.2 Å². The summed E-state index contributed by atoms with van der Waals surface area (Å²) in [5.74, 6) is -7.27. The summed E-state index contributed by atoms with van der Waals surface area (Å²) < 4.78 is 23.6. The lowest BCUT2D eigenvalue weighted by Crippen LogP contribution is -2.63. The largest absolute Gasteiger partial charge is 0.510 e. The molecule has 0 unspecified atom stereocenters. The Hall–Kier alpha value is -2.97. The molecule has 216 valence electrons. The highest BCUT2D eigenvalue weighted by molar-refractivity contribution is 7.91. The maximum Gasteiger partial charge on any atom is 0.255 e. The van der Waals surface area contributed by atoms with E-state index in [0.717, 1.165) is 0 Å². The van der Waals surface area contributed by atoms with Crippen molar-refractivity contribution in [2.75, 3.05) is 38.7 Å². The second-order valence-corrected chi connectivity index (χ2v) is 13.8. The first-order valence-corrected chi connectivity index (χ1v) is 14.9. The Morgan fingerprint density at radius 3 is 2.40 bits per heavy atom. The molecule has 1 saturated heterocycles. The Kier molecular flexibility index (Phi) is 6.82. The molecule has 5 rings (SSSR count). The summed E-state index contributed by atoms with van der Waals surface area (Å²) in [6.45, 7) is 0.836. The molecule has 4 atom stereocenters. The molecular weight excluding hydrogens is 566 g/mol. The van der Waals surface area contributed by atoms with Crippen molar-refractivity contribution in [3.63, 3.8) is 0 Å². The average Bonchev–Trinajstić information content (AvgIpc) is 2.85. The molecule has 1 fully saturated rings. The van der Waals surface area contributed by atoms with Gasteiger partial charge in [-0.2, -0.15) is 0 Å². The van der Waals surface area contributed by atoms with Gasteiger partial charge < -0.3 is 26.2 Å². The van der Waals surface area contributed by atoms with Crippen LogP contribution in [0.2, 0.25) is 5.02 Å². The zero-order valence-corrected chi connectivity index (χ0v) is 23.4. The van der Waals surface area contributed by atoms with Gasteiger partial charge in [0.05, 0.1) is 23.1 Å². The summed E-state index contributed by atoms with van der Waals surface area (Å²) in [6.07, 6.45) is 0.0280. The first-order valence-electron chi connectivity index (χ1n) is 12.7. The second kappa shape index (κ2) is 9.55. The van der Waals surface area contributed by atoms with Gasteiger partial charge in [-0.1, -0.05) is 11.6 Å². The van der Waals surface area contributed by atoms with E-state index in [-0.39, 0.29) is 47.1 Å². The van der Waals surface area contributed by atoms with Crippen molar-refractivity contribution in [2.45, 2.75) is 31.0 Å². The highest BCUT2D eigenvalue weighted by Crippen LogP contribution is 2.53. The van der Waals surface area contributed by atoms with Gasteiger partial charge in [-0.05, 0) is 50.0 Å². The van der Waals surface area contributed by atoms with Crippen LogP contribution in [0, 0.1) is 11.8 Å². The number of halogens is 1. The first kappa shape index (κ1) is 28.6. The average molecular weight is 596 g/mol. The topological polar surface area (TPSA) is 199 Å². The van der Waals surface area contributed by atoms with Crippen LogP contribution in [0.1, 0.15) is 27.9 Å². The molecular formula is C26H30ClN3O9S. The molecule has 12 nitrogen and oxygen atoms in total. The van der Waals surface area contributed by atoms with Crippen LogP contribution in [-0.2, 0) is 32.4 Å². The number of aromatic hydroxyl groups is 1. The number of phenolic OH excluding ortho intramolecular Hbond substituents is 1. The van der Waals surface area contributed by atoms with Crippen molar-refractivity contribution in [1.82, 2.24) is 9.80 Å². The van der Waals surface area contributed by atoms with Crippen LogP contribution >= 0.6 is 11.6 Å². The zero-order valence-electron chi connectivity index (χ0n) is 21.8. The van der Waals surface area contributed by atoms with Crippen molar-refractivity contribution in [3.05, 3.63) is 50.4 Å². The number of nitrogens with zero attached hydrogens (tertiary/aromatic N) is 2. The van der Waals surface area contributed by atoms with Gasteiger partial charge in [0.2, 0.25) is 5.78 Å². The van der Waals surface area contributed by atoms with Crippen LogP contribution in [0.3, 0.4) is 0 Å². The second-order valence-electron chi connectivity index (χ2n) is 11.1. The number of phenols is 1. The predicted molar refractivity (Wildman–Crippen MR) is 143 cm³/mol. The van der Waals surface area contributed by atoms with Gasteiger partial charge >= 0.3 is 0 Å². The van der Waals surface area contributed by atoms with Gasteiger partial charge in [0, 0.05) is 36.1 Å². The minimum Gasteiger partial charge on any atom is -0.510 e. The Morgan fingerprint density at radius 1 is 1.20 bits per heavy atom. The van der Waals surface area contributed by atoms with Crippen LogP contribution in [0.4, 0.5) is 0 Å². The fourth-order valence-corrected chi connectivity index (χ4v) is 8.18. The molecule has 40 heavy (non-hydrogen) atoms. The Bertz CT molecular complexity index is 1520. The molecule has 1 aromatic carbocycles. The molecule has 3 aliphatic carbocycles. The van der Waals surface area contributed by atoms with Crippen LogP contribution in [0.15, 0.2) is 28.7 Å². The van der Waals surface area contributed by atoms with E-state index >= 15 is 0 Å². The number of ketones is 2. The molecule has 0 aromatic heterocycles. The van der Waals surface area contributed by atoms with Crippen LogP contribution in [-0.4, -0.2) is 106 Å². The highest BCUT2D eigenvalue weighted by atomic mass is 35.5. The summed E-state index contributed by atoms with van der Waals surface area (Å²) in [4.78, 5) is 42.5. The van der Waals surface area contributed by atoms with E-state index in [4.69, 9.17) is 17.3 Å². The van der Waals surface area contributed by atoms with Gasteiger partial charge in [0.25, 0.3) is 5.91 Å². The predicted octanol–water partition coefficient (Wildman–Crippen LogP) is 0.00440. The number of aliphatic hydroxyl groups is 3. The number of Topliss-reactive ketones (excluding diaryl/α,β-unsaturated/α-hetero) is 2. The molecule has 0 radical (unpaired) electrons. The smallest absolute Gasteiger partial charge is 0.255 e. The van der Waals surface area contributed by atoms with E-state index in [9.17, 15) is 43.2 Å². The van der Waals surface area contributed by atoms with E-state index in [1.807, 2.05) is 4.90 Å². The summed E-state index contributed by atoms with van der Waals surface area (Å²) in [5, 5.41) is 44.9. The van der Waals surface area contributed by atoms with Crippen molar-refractivity contribution < 1.29 is 43.2 Å². The zero-order chi connectivity index (χ0) is 29.5. The summed E-state index contributed by atoms with van der Waals surface area (Å²) in [5.41, 5.74) is 2.16. The maximum atomic E-state index is 13.7. The van der Waals surface area contributed by atoms with Gasteiger partial charge in [0.1, 0.15) is 22.8 Å². The number of benzene rings is 1. The quantitative estimate of drug-likeness (QED) is 0.294. The van der Waals surface area contributed by atoms with Crippen LogP contribution in [0.25, 0.3) is 0 Å². The minimum absolute atomic E-state index is 0.00432. The Labute approximate surface area is 235 Å². The van der Waals surface area contributed by atoms with E-state index in [2.05, 4.69) is 0 Å². The van der Waals surface area contributed by atoms with Gasteiger partial charge in [-0.15, -0.1) is 0 Å². The molecule has 1 aliphatic heterocycles. The number of hydrogen-bond donors (Lipinski definition) is 5. The third-order valence-electron chi connectivity index (χ3n) is 8.56. The maximum absolute atomic E-state index is 13.7. The van der Waals surface area contributed by atoms with Crippen molar-refractivity contribution in [2.24, 2.45) is 17.6 Å².